The molecule has 26 heavy (non-hydrogen) atoms. The molecule has 0 amide bonds. The van der Waals surface area contributed by atoms with Gasteiger partial charge in [0.1, 0.15) is 11.5 Å². The summed E-state index contributed by atoms with van der Waals surface area (Å²) < 4.78 is 12.5. The van der Waals surface area contributed by atoms with E-state index in [0.717, 1.165) is 22.6 Å². The van der Waals surface area contributed by atoms with E-state index in [-0.39, 0.29) is 11.6 Å². The Bertz CT molecular complexity index is 982. The minimum absolute atomic E-state index is 0.00860. The number of fused-ring (bicyclic) bond motifs is 1. The van der Waals surface area contributed by atoms with Gasteiger partial charge in [-0.05, 0) is 44.2 Å². The van der Waals surface area contributed by atoms with Crippen molar-refractivity contribution in [2.75, 3.05) is 14.2 Å². The van der Waals surface area contributed by atoms with Gasteiger partial charge in [-0.15, -0.1) is 0 Å². The highest BCUT2D eigenvalue weighted by Gasteiger charge is 2.15. The van der Waals surface area contributed by atoms with Crippen LogP contribution in [0.1, 0.15) is 25.5 Å². The van der Waals surface area contributed by atoms with Crippen LogP contribution in [0, 0.1) is 0 Å². The lowest BCUT2D eigenvalue weighted by molar-refractivity contribution is 0.400. The fourth-order valence-corrected chi connectivity index (χ4v) is 3.93. The molecular formula is C20H22N2O3S. The van der Waals surface area contributed by atoms with Crippen LogP contribution < -0.4 is 15.0 Å². The third-order valence-electron chi connectivity index (χ3n) is 4.14. The van der Waals surface area contributed by atoms with Gasteiger partial charge in [0.15, 0.2) is 5.16 Å². The van der Waals surface area contributed by atoms with Gasteiger partial charge in [-0.25, -0.2) is 4.98 Å². The normalized spacial score (nSPS) is 11.1. The molecule has 3 aromatic rings. The molecule has 0 spiro atoms. The van der Waals surface area contributed by atoms with Crippen molar-refractivity contribution in [1.29, 1.82) is 0 Å². The van der Waals surface area contributed by atoms with Crippen LogP contribution in [0.2, 0.25) is 0 Å². The van der Waals surface area contributed by atoms with Crippen molar-refractivity contribution >= 4 is 22.7 Å². The minimum Gasteiger partial charge on any atom is -0.497 e. The zero-order chi connectivity index (χ0) is 18.7. The SMILES string of the molecule is COc1ccc(OC)c(CSc2nc3ccccc3c(=O)n2C(C)C)c1. The van der Waals surface area contributed by atoms with E-state index in [9.17, 15) is 4.79 Å². The number of hydrogen-bond donors (Lipinski definition) is 0. The molecule has 3 rings (SSSR count). The van der Waals surface area contributed by atoms with E-state index >= 15 is 0 Å². The zero-order valence-corrected chi connectivity index (χ0v) is 16.2. The predicted molar refractivity (Wildman–Crippen MR) is 105 cm³/mol. The zero-order valence-electron chi connectivity index (χ0n) is 15.4. The number of aromatic nitrogens is 2. The summed E-state index contributed by atoms with van der Waals surface area (Å²) in [4.78, 5) is 17.6. The largest absolute Gasteiger partial charge is 0.497 e. The number of benzene rings is 2. The lowest BCUT2D eigenvalue weighted by atomic mass is 10.2. The number of hydrogen-bond acceptors (Lipinski definition) is 5. The second-order valence-electron chi connectivity index (χ2n) is 6.15. The standard InChI is InChI=1S/C20H22N2O3S/c1-13(2)22-19(23)16-7-5-6-8-17(16)21-20(22)26-12-14-11-15(24-3)9-10-18(14)25-4/h5-11,13H,12H2,1-4H3. The van der Waals surface area contributed by atoms with E-state index in [4.69, 9.17) is 14.5 Å². The van der Waals surface area contributed by atoms with Crippen molar-refractivity contribution in [3.8, 4) is 11.5 Å². The molecule has 0 saturated carbocycles. The Labute approximate surface area is 157 Å². The van der Waals surface area contributed by atoms with E-state index < -0.39 is 0 Å². The quantitative estimate of drug-likeness (QED) is 0.479. The first-order valence-electron chi connectivity index (χ1n) is 8.40. The van der Waals surface area contributed by atoms with Gasteiger partial charge in [-0.2, -0.15) is 0 Å². The van der Waals surface area contributed by atoms with Crippen LogP contribution in [0.15, 0.2) is 52.4 Å². The Morgan fingerprint density at radius 1 is 1.12 bits per heavy atom. The summed E-state index contributed by atoms with van der Waals surface area (Å²) in [6.07, 6.45) is 0. The first-order valence-corrected chi connectivity index (χ1v) is 9.38. The van der Waals surface area contributed by atoms with Gasteiger partial charge in [-0.1, -0.05) is 23.9 Å². The van der Waals surface area contributed by atoms with E-state index in [2.05, 4.69) is 0 Å². The molecule has 0 aliphatic heterocycles. The predicted octanol–water partition coefficient (Wildman–Crippen LogP) is 4.29. The maximum Gasteiger partial charge on any atom is 0.262 e. The van der Waals surface area contributed by atoms with Gasteiger partial charge in [0.2, 0.25) is 0 Å². The molecule has 0 saturated heterocycles. The Morgan fingerprint density at radius 2 is 1.88 bits per heavy atom. The van der Waals surface area contributed by atoms with Gasteiger partial charge in [-0.3, -0.25) is 9.36 Å². The molecule has 136 valence electrons. The van der Waals surface area contributed by atoms with Gasteiger partial charge in [0.25, 0.3) is 5.56 Å². The average Bonchev–Trinajstić information content (AvgIpc) is 2.65. The third kappa shape index (κ3) is 3.55. The summed E-state index contributed by atoms with van der Waals surface area (Å²) in [6.45, 7) is 3.99. The van der Waals surface area contributed by atoms with Crippen molar-refractivity contribution in [2.45, 2.75) is 30.8 Å². The number of ether oxygens (including phenoxy) is 2. The summed E-state index contributed by atoms with van der Waals surface area (Å²) in [5, 5.41) is 1.35. The maximum atomic E-state index is 12.9. The highest BCUT2D eigenvalue weighted by Crippen LogP contribution is 2.31. The lowest BCUT2D eigenvalue weighted by Gasteiger charge is -2.17. The van der Waals surface area contributed by atoms with Gasteiger partial charge >= 0.3 is 0 Å². The van der Waals surface area contributed by atoms with Gasteiger partial charge in [0.05, 0.1) is 25.1 Å². The fourth-order valence-electron chi connectivity index (χ4n) is 2.82. The Kier molecular flexibility index (Phi) is 5.52. The number of thioether (sulfide) groups is 1. The smallest absolute Gasteiger partial charge is 0.262 e. The van der Waals surface area contributed by atoms with Crippen molar-refractivity contribution in [2.24, 2.45) is 0 Å². The third-order valence-corrected chi connectivity index (χ3v) is 5.14. The van der Waals surface area contributed by atoms with Crippen LogP contribution in [0.3, 0.4) is 0 Å². The molecule has 5 nitrogen and oxygen atoms in total. The molecule has 1 aromatic heterocycles. The second-order valence-corrected chi connectivity index (χ2v) is 7.09. The summed E-state index contributed by atoms with van der Waals surface area (Å²) in [5.41, 5.74) is 1.70. The van der Waals surface area contributed by atoms with Crippen molar-refractivity contribution in [1.82, 2.24) is 9.55 Å². The van der Waals surface area contributed by atoms with Crippen molar-refractivity contribution < 1.29 is 9.47 Å². The Balaban J connectivity index is 2.01. The first-order chi connectivity index (χ1) is 12.5. The summed E-state index contributed by atoms with van der Waals surface area (Å²) in [5.74, 6) is 2.18. The van der Waals surface area contributed by atoms with Gasteiger partial charge < -0.3 is 9.47 Å². The fraction of sp³-hybridized carbons (Fsp3) is 0.300. The molecule has 0 radical (unpaired) electrons. The molecule has 0 aliphatic rings. The molecule has 0 fully saturated rings. The minimum atomic E-state index is -0.00860. The molecule has 0 bridgehead atoms. The van der Waals surface area contributed by atoms with Crippen molar-refractivity contribution in [3.63, 3.8) is 0 Å². The first kappa shape index (κ1) is 18.3. The van der Waals surface area contributed by atoms with E-state index in [1.165, 1.54) is 11.8 Å². The number of rotatable bonds is 6. The van der Waals surface area contributed by atoms with Crippen molar-refractivity contribution in [3.05, 3.63) is 58.4 Å². The van der Waals surface area contributed by atoms with E-state index in [1.807, 2.05) is 56.3 Å². The number of nitrogens with zero attached hydrogens (tertiary/aromatic N) is 2. The average molecular weight is 370 g/mol. The monoisotopic (exact) mass is 370 g/mol. The number of methoxy groups -OCH3 is 2. The summed E-state index contributed by atoms with van der Waals surface area (Å²) >= 11 is 1.52. The highest BCUT2D eigenvalue weighted by molar-refractivity contribution is 7.98. The Morgan fingerprint density at radius 3 is 2.58 bits per heavy atom. The van der Waals surface area contributed by atoms with Crippen LogP contribution in [0.5, 0.6) is 11.5 Å². The maximum absolute atomic E-state index is 12.9. The summed E-state index contributed by atoms with van der Waals surface area (Å²) in [7, 11) is 3.29. The topological polar surface area (TPSA) is 53.4 Å². The van der Waals surface area contributed by atoms with Crippen LogP contribution in [-0.4, -0.2) is 23.8 Å². The van der Waals surface area contributed by atoms with Crippen LogP contribution in [0.25, 0.3) is 10.9 Å². The number of para-hydroxylation sites is 1. The second kappa shape index (κ2) is 7.83. The molecular weight excluding hydrogens is 348 g/mol. The molecule has 0 N–H and O–H groups in total. The van der Waals surface area contributed by atoms with Crippen LogP contribution in [-0.2, 0) is 5.75 Å². The molecule has 2 aromatic carbocycles. The Hall–Kier alpha value is -2.47. The lowest BCUT2D eigenvalue weighted by Crippen LogP contribution is -2.25. The summed E-state index contributed by atoms with van der Waals surface area (Å²) in [6, 6.07) is 13.2. The molecule has 1 heterocycles. The van der Waals surface area contributed by atoms with Gasteiger partial charge in [0, 0.05) is 17.4 Å². The van der Waals surface area contributed by atoms with Crippen LogP contribution >= 0.6 is 11.8 Å². The molecule has 0 aliphatic carbocycles. The molecule has 0 unspecified atom stereocenters. The molecule has 6 heteroatoms. The highest BCUT2D eigenvalue weighted by atomic mass is 32.2. The molecule has 0 atom stereocenters. The van der Waals surface area contributed by atoms with E-state index in [0.29, 0.717) is 16.3 Å². The van der Waals surface area contributed by atoms with Crippen LogP contribution in [0.4, 0.5) is 0 Å². The van der Waals surface area contributed by atoms with E-state index in [1.54, 1.807) is 18.8 Å².